The van der Waals surface area contributed by atoms with Gasteiger partial charge in [-0.05, 0) is 37.0 Å². The molecule has 3 aliphatic rings. The van der Waals surface area contributed by atoms with Gasteiger partial charge in [0.05, 0.1) is 0 Å². The highest BCUT2D eigenvalue weighted by Gasteiger charge is 2.84. The third kappa shape index (κ3) is 0.906. The van der Waals surface area contributed by atoms with Crippen LogP contribution in [0.5, 0.6) is 0 Å². The summed E-state index contributed by atoms with van der Waals surface area (Å²) < 4.78 is 0. The quantitative estimate of drug-likeness (QED) is 0.642. The Bertz CT molecular complexity index is 300. The molecule has 1 heteroatoms. The summed E-state index contributed by atoms with van der Waals surface area (Å²) in [5, 5.41) is 0. The second-order valence-corrected chi connectivity index (χ2v) is 6.74. The van der Waals surface area contributed by atoms with E-state index in [1.165, 1.54) is 19.4 Å². The maximum atomic E-state index is 2.73. The lowest BCUT2D eigenvalue weighted by atomic mass is 9.85. The second-order valence-electron chi connectivity index (χ2n) is 6.74. The minimum atomic E-state index is 0.587. The molecule has 0 aromatic heterocycles. The van der Waals surface area contributed by atoms with Crippen molar-refractivity contribution in [2.75, 3.05) is 6.54 Å². The van der Waals surface area contributed by atoms with Crippen LogP contribution in [0.25, 0.3) is 0 Å². The molecule has 2 saturated heterocycles. The summed E-state index contributed by atoms with van der Waals surface area (Å²) in [5.41, 5.74) is 1.25. The molecule has 1 saturated carbocycles. The third-order valence-electron chi connectivity index (χ3n) is 6.20. The lowest BCUT2D eigenvalue weighted by Crippen LogP contribution is -2.27. The molecule has 2 heterocycles. The van der Waals surface area contributed by atoms with Gasteiger partial charge in [0.1, 0.15) is 0 Å². The molecule has 0 N–H and O–H groups in total. The van der Waals surface area contributed by atoms with Crippen molar-refractivity contribution < 1.29 is 0 Å². The van der Waals surface area contributed by atoms with Gasteiger partial charge in [-0.2, -0.15) is 0 Å². The molecular formula is C14H25N. The summed E-state index contributed by atoms with van der Waals surface area (Å²) in [6.07, 6.45) is 2.79. The number of rotatable bonds is 3. The van der Waals surface area contributed by atoms with Crippen molar-refractivity contribution in [3.8, 4) is 0 Å². The van der Waals surface area contributed by atoms with Crippen LogP contribution in [0, 0.1) is 23.2 Å². The minimum absolute atomic E-state index is 0.587. The van der Waals surface area contributed by atoms with Gasteiger partial charge in [0.25, 0.3) is 0 Å². The zero-order chi connectivity index (χ0) is 11.0. The fourth-order valence-electron chi connectivity index (χ4n) is 5.24. The van der Waals surface area contributed by atoms with Crippen LogP contribution in [-0.4, -0.2) is 23.0 Å². The van der Waals surface area contributed by atoms with Crippen LogP contribution in [0.15, 0.2) is 0 Å². The number of nitrogens with zero attached hydrogens (tertiary/aromatic N) is 1. The second kappa shape index (κ2) is 2.61. The van der Waals surface area contributed by atoms with Crippen molar-refractivity contribution >= 4 is 0 Å². The van der Waals surface area contributed by atoms with Crippen LogP contribution < -0.4 is 0 Å². The number of hydrogen-bond donors (Lipinski definition) is 0. The average Bonchev–Trinajstić information content (AvgIpc) is 2.99. The Morgan fingerprint density at radius 2 is 2.07 bits per heavy atom. The molecule has 0 aromatic carbocycles. The Hall–Kier alpha value is -0.0400. The van der Waals surface area contributed by atoms with Crippen LogP contribution >= 0.6 is 0 Å². The SMILES string of the molecule is CCCC(C)C1C2C(C)N3CC3(C)C12C. The zero-order valence-corrected chi connectivity index (χ0v) is 10.9. The van der Waals surface area contributed by atoms with Gasteiger partial charge < -0.3 is 0 Å². The summed E-state index contributed by atoms with van der Waals surface area (Å²) in [4.78, 5) is 2.73. The van der Waals surface area contributed by atoms with Gasteiger partial charge in [-0.1, -0.05) is 33.6 Å². The molecule has 0 bridgehead atoms. The van der Waals surface area contributed by atoms with Gasteiger partial charge >= 0.3 is 0 Å². The minimum Gasteiger partial charge on any atom is -0.291 e. The Kier molecular flexibility index (Phi) is 1.77. The predicted molar refractivity (Wildman–Crippen MR) is 63.7 cm³/mol. The lowest BCUT2D eigenvalue weighted by Gasteiger charge is -2.23. The van der Waals surface area contributed by atoms with Crippen LogP contribution in [-0.2, 0) is 0 Å². The summed E-state index contributed by atoms with van der Waals surface area (Å²) in [7, 11) is 0. The Morgan fingerprint density at radius 1 is 1.40 bits per heavy atom. The van der Waals surface area contributed by atoms with Crippen molar-refractivity contribution in [2.45, 2.75) is 59.0 Å². The standard InChI is InChI=1S/C14H25N/c1-6-7-9(2)11-12-10(3)15-8-13(15,4)14(11,12)5/h9-12H,6-8H2,1-5H3. The maximum absolute atomic E-state index is 2.73. The first kappa shape index (κ1) is 10.1. The van der Waals surface area contributed by atoms with E-state index in [0.29, 0.717) is 11.0 Å². The molecule has 0 amide bonds. The number of hydrogen-bond acceptors (Lipinski definition) is 1. The van der Waals surface area contributed by atoms with E-state index < -0.39 is 0 Å². The van der Waals surface area contributed by atoms with Crippen LogP contribution in [0.3, 0.4) is 0 Å². The van der Waals surface area contributed by atoms with E-state index in [4.69, 9.17) is 0 Å². The Balaban J connectivity index is 1.81. The average molecular weight is 207 g/mol. The lowest BCUT2D eigenvalue weighted by molar-refractivity contribution is 0.257. The van der Waals surface area contributed by atoms with E-state index in [2.05, 4.69) is 39.5 Å². The molecule has 1 nitrogen and oxygen atoms in total. The van der Waals surface area contributed by atoms with Crippen molar-refractivity contribution in [3.63, 3.8) is 0 Å². The van der Waals surface area contributed by atoms with Gasteiger partial charge in [0.2, 0.25) is 0 Å². The smallest absolute Gasteiger partial charge is 0.0372 e. The first-order valence-electron chi connectivity index (χ1n) is 6.75. The molecule has 0 aromatic rings. The monoisotopic (exact) mass is 207 g/mol. The van der Waals surface area contributed by atoms with Gasteiger partial charge in [0, 0.05) is 18.1 Å². The zero-order valence-electron chi connectivity index (χ0n) is 10.9. The highest BCUT2D eigenvalue weighted by atomic mass is 15.4. The van der Waals surface area contributed by atoms with Crippen molar-refractivity contribution in [3.05, 3.63) is 0 Å². The fourth-order valence-corrected chi connectivity index (χ4v) is 5.24. The van der Waals surface area contributed by atoms with Gasteiger partial charge in [0.15, 0.2) is 0 Å². The van der Waals surface area contributed by atoms with Crippen molar-refractivity contribution in [1.29, 1.82) is 0 Å². The first-order valence-corrected chi connectivity index (χ1v) is 6.75. The Labute approximate surface area is 94.2 Å². The molecule has 3 rings (SSSR count). The van der Waals surface area contributed by atoms with Gasteiger partial charge in [-0.15, -0.1) is 0 Å². The van der Waals surface area contributed by atoms with E-state index in [1.807, 2.05) is 0 Å². The topological polar surface area (TPSA) is 3.01 Å². The molecule has 15 heavy (non-hydrogen) atoms. The predicted octanol–water partition coefficient (Wildman–Crippen LogP) is 3.15. The summed E-state index contributed by atoms with van der Waals surface area (Å²) in [6.45, 7) is 13.7. The van der Waals surface area contributed by atoms with Gasteiger partial charge in [-0.3, -0.25) is 4.90 Å². The van der Waals surface area contributed by atoms with Crippen LogP contribution in [0.4, 0.5) is 0 Å². The van der Waals surface area contributed by atoms with E-state index in [9.17, 15) is 0 Å². The highest BCUT2D eigenvalue weighted by Crippen LogP contribution is 2.80. The molecular weight excluding hydrogens is 182 g/mol. The van der Waals surface area contributed by atoms with Gasteiger partial charge in [-0.25, -0.2) is 0 Å². The Morgan fingerprint density at radius 3 is 2.53 bits per heavy atom. The van der Waals surface area contributed by atoms with Crippen molar-refractivity contribution in [2.24, 2.45) is 23.2 Å². The molecule has 3 fully saturated rings. The highest BCUT2D eigenvalue weighted by molar-refractivity contribution is 5.36. The fraction of sp³-hybridized carbons (Fsp3) is 1.00. The molecule has 0 spiro atoms. The molecule has 7 unspecified atom stereocenters. The van der Waals surface area contributed by atoms with E-state index >= 15 is 0 Å². The molecule has 1 aliphatic carbocycles. The largest absolute Gasteiger partial charge is 0.291 e. The molecule has 2 aliphatic heterocycles. The summed E-state index contributed by atoms with van der Waals surface area (Å²) in [6, 6.07) is 0.865. The normalized spacial score (nSPS) is 62.2. The number of piperidine rings is 2. The van der Waals surface area contributed by atoms with E-state index in [1.54, 1.807) is 0 Å². The summed E-state index contributed by atoms with van der Waals surface area (Å²) in [5.74, 6) is 2.99. The van der Waals surface area contributed by atoms with E-state index in [0.717, 1.165) is 23.8 Å². The van der Waals surface area contributed by atoms with Crippen LogP contribution in [0.1, 0.15) is 47.5 Å². The third-order valence-corrected chi connectivity index (χ3v) is 6.20. The first-order chi connectivity index (χ1) is 6.98. The number of fused-ring (bicyclic) bond motifs is 3. The molecule has 86 valence electrons. The maximum Gasteiger partial charge on any atom is 0.0372 e. The van der Waals surface area contributed by atoms with Crippen LogP contribution in [0.2, 0.25) is 0 Å². The molecule has 0 radical (unpaired) electrons. The molecule has 7 atom stereocenters. The summed E-state index contributed by atoms with van der Waals surface area (Å²) >= 11 is 0. The van der Waals surface area contributed by atoms with E-state index in [-0.39, 0.29) is 0 Å². The van der Waals surface area contributed by atoms with Crippen molar-refractivity contribution in [1.82, 2.24) is 4.90 Å².